The molecule has 0 saturated carbocycles. The van der Waals surface area contributed by atoms with Crippen LogP contribution in [0.15, 0.2) is 115 Å². The van der Waals surface area contributed by atoms with Crippen molar-refractivity contribution >= 4 is 11.9 Å². The number of esters is 2. The molecular formula is C32H33NO4. The third-order valence-electron chi connectivity index (χ3n) is 7.29. The fourth-order valence-corrected chi connectivity index (χ4v) is 4.08. The summed E-state index contributed by atoms with van der Waals surface area (Å²) < 4.78 is 12.1. The molecule has 3 aromatic rings. The fraction of sp³-hybridized carbons (Fsp3) is 0.250. The van der Waals surface area contributed by atoms with Crippen molar-refractivity contribution in [3.05, 3.63) is 132 Å². The number of allylic oxidation sites excluding steroid dienone is 2. The molecule has 4 rings (SSSR count). The van der Waals surface area contributed by atoms with Crippen LogP contribution in [0.1, 0.15) is 54.0 Å². The molecular weight excluding hydrogens is 462 g/mol. The van der Waals surface area contributed by atoms with Gasteiger partial charge in [-0.15, -0.1) is 0 Å². The fourth-order valence-electron chi connectivity index (χ4n) is 4.08. The molecule has 0 unspecified atom stereocenters. The van der Waals surface area contributed by atoms with Gasteiger partial charge in [0.15, 0.2) is 0 Å². The summed E-state index contributed by atoms with van der Waals surface area (Å²) in [5.74, 6) is 0.148. The zero-order valence-electron chi connectivity index (χ0n) is 21.8. The van der Waals surface area contributed by atoms with E-state index in [0.717, 1.165) is 6.42 Å². The first-order chi connectivity index (χ1) is 17.7. The number of hydrogen-bond donors (Lipinski definition) is 0. The second-order valence-corrected chi connectivity index (χ2v) is 10.2. The number of nitrogens with zero attached hydrogens (tertiary/aromatic N) is 1. The first kappa shape index (κ1) is 26.0. The molecule has 0 fully saturated rings. The molecule has 0 saturated heterocycles. The number of ether oxygens (including phenoxy) is 2. The Kier molecular flexibility index (Phi) is 7.63. The van der Waals surface area contributed by atoms with Crippen LogP contribution < -0.4 is 0 Å². The maximum absolute atomic E-state index is 13.1. The van der Waals surface area contributed by atoms with Crippen LogP contribution in [0.5, 0.6) is 0 Å². The van der Waals surface area contributed by atoms with E-state index >= 15 is 0 Å². The quantitative estimate of drug-likeness (QED) is 0.331. The highest BCUT2D eigenvalue weighted by atomic mass is 16.5. The SMILES string of the molecule is CC1(C)C(OC(=O)c2ccccc2)=CN(CCc2ccccc2)C=C(OC(=O)c2ccccc2)C1(C)C. The smallest absolute Gasteiger partial charge is 0.343 e. The van der Waals surface area contributed by atoms with E-state index in [2.05, 4.69) is 12.1 Å². The number of rotatable bonds is 7. The third-order valence-corrected chi connectivity index (χ3v) is 7.29. The first-order valence-corrected chi connectivity index (χ1v) is 12.5. The first-order valence-electron chi connectivity index (χ1n) is 12.5. The largest absolute Gasteiger partial charge is 0.425 e. The van der Waals surface area contributed by atoms with Gasteiger partial charge in [-0.3, -0.25) is 0 Å². The van der Waals surface area contributed by atoms with Gasteiger partial charge in [-0.1, -0.05) is 94.4 Å². The van der Waals surface area contributed by atoms with Crippen molar-refractivity contribution < 1.29 is 19.1 Å². The van der Waals surface area contributed by atoms with Gasteiger partial charge in [-0.25, -0.2) is 9.59 Å². The monoisotopic (exact) mass is 495 g/mol. The van der Waals surface area contributed by atoms with Gasteiger partial charge in [0.25, 0.3) is 0 Å². The lowest BCUT2D eigenvalue weighted by molar-refractivity contribution is 0.0238. The highest BCUT2D eigenvalue weighted by Crippen LogP contribution is 2.51. The lowest BCUT2D eigenvalue weighted by Crippen LogP contribution is -2.38. The van der Waals surface area contributed by atoms with Crippen molar-refractivity contribution in [3.8, 4) is 0 Å². The molecule has 0 aromatic heterocycles. The normalized spacial score (nSPS) is 16.2. The molecule has 0 N–H and O–H groups in total. The summed E-state index contributed by atoms with van der Waals surface area (Å²) in [5.41, 5.74) is 0.739. The Morgan fingerprint density at radius 2 is 1.00 bits per heavy atom. The van der Waals surface area contributed by atoms with Crippen molar-refractivity contribution in [2.45, 2.75) is 34.1 Å². The van der Waals surface area contributed by atoms with Gasteiger partial charge in [0.1, 0.15) is 11.5 Å². The Morgan fingerprint density at radius 3 is 1.41 bits per heavy atom. The van der Waals surface area contributed by atoms with E-state index < -0.39 is 22.8 Å². The maximum Gasteiger partial charge on any atom is 0.343 e. The Bertz CT molecular complexity index is 1210. The second-order valence-electron chi connectivity index (χ2n) is 10.2. The summed E-state index contributed by atoms with van der Waals surface area (Å²) in [6, 6.07) is 28.0. The summed E-state index contributed by atoms with van der Waals surface area (Å²) in [5, 5.41) is 0. The Morgan fingerprint density at radius 1 is 0.622 bits per heavy atom. The average Bonchev–Trinajstić information content (AvgIpc) is 2.97. The van der Waals surface area contributed by atoms with Crippen LogP contribution in [0.4, 0.5) is 0 Å². The predicted octanol–water partition coefficient (Wildman–Crippen LogP) is 6.99. The van der Waals surface area contributed by atoms with Crippen molar-refractivity contribution in [1.29, 1.82) is 0 Å². The van der Waals surface area contributed by atoms with Crippen LogP contribution in [0.2, 0.25) is 0 Å². The van der Waals surface area contributed by atoms with Gasteiger partial charge in [-0.05, 0) is 36.2 Å². The molecule has 0 amide bonds. The zero-order valence-corrected chi connectivity index (χ0v) is 21.8. The minimum absolute atomic E-state index is 0.427. The van der Waals surface area contributed by atoms with E-state index in [0.29, 0.717) is 29.2 Å². The number of carbonyl (C=O) groups excluding carboxylic acids is 2. The van der Waals surface area contributed by atoms with Crippen molar-refractivity contribution in [2.24, 2.45) is 10.8 Å². The van der Waals surface area contributed by atoms with Crippen molar-refractivity contribution in [2.75, 3.05) is 6.54 Å². The third kappa shape index (κ3) is 5.83. The molecule has 0 bridgehead atoms. The summed E-state index contributed by atoms with van der Waals surface area (Å²) in [7, 11) is 0. The van der Waals surface area contributed by atoms with Gasteiger partial charge in [0.2, 0.25) is 0 Å². The molecule has 5 nitrogen and oxygen atoms in total. The lowest BCUT2D eigenvalue weighted by atomic mass is 9.66. The number of hydrogen-bond acceptors (Lipinski definition) is 5. The molecule has 37 heavy (non-hydrogen) atoms. The van der Waals surface area contributed by atoms with Crippen molar-refractivity contribution in [1.82, 2.24) is 4.90 Å². The summed E-state index contributed by atoms with van der Waals surface area (Å²) >= 11 is 0. The van der Waals surface area contributed by atoms with E-state index in [-0.39, 0.29) is 0 Å². The van der Waals surface area contributed by atoms with E-state index in [9.17, 15) is 9.59 Å². The summed E-state index contributed by atoms with van der Waals surface area (Å²) in [6.45, 7) is 8.61. The van der Waals surface area contributed by atoms with Crippen LogP contribution in [0.25, 0.3) is 0 Å². The Labute approximate surface area is 219 Å². The predicted molar refractivity (Wildman–Crippen MR) is 144 cm³/mol. The van der Waals surface area contributed by atoms with Crippen molar-refractivity contribution in [3.63, 3.8) is 0 Å². The molecule has 0 radical (unpaired) electrons. The zero-order chi connectivity index (χ0) is 26.5. The van der Waals surface area contributed by atoms with E-state index in [1.54, 1.807) is 24.3 Å². The number of carbonyl (C=O) groups is 2. The van der Waals surface area contributed by atoms with Crippen LogP contribution >= 0.6 is 0 Å². The molecule has 1 heterocycles. The molecule has 1 aliphatic rings. The van der Waals surface area contributed by atoms with Gasteiger partial charge >= 0.3 is 11.9 Å². The van der Waals surface area contributed by atoms with Crippen LogP contribution in [0, 0.1) is 10.8 Å². The minimum Gasteiger partial charge on any atom is -0.425 e. The molecule has 1 aliphatic heterocycles. The van der Waals surface area contributed by atoms with Crippen LogP contribution in [-0.4, -0.2) is 23.4 Å². The van der Waals surface area contributed by atoms with Gasteiger partial charge in [-0.2, -0.15) is 0 Å². The molecule has 0 aliphatic carbocycles. The summed E-state index contributed by atoms with van der Waals surface area (Å²) in [6.07, 6.45) is 4.47. The topological polar surface area (TPSA) is 55.8 Å². The second kappa shape index (κ2) is 10.9. The van der Waals surface area contributed by atoms with E-state index in [1.165, 1.54) is 5.56 Å². The lowest BCUT2D eigenvalue weighted by Gasteiger charge is -2.41. The van der Waals surface area contributed by atoms with E-state index in [1.807, 2.05) is 99.6 Å². The molecule has 0 spiro atoms. The van der Waals surface area contributed by atoms with Gasteiger partial charge in [0.05, 0.1) is 11.1 Å². The highest BCUT2D eigenvalue weighted by molar-refractivity contribution is 5.90. The van der Waals surface area contributed by atoms with Gasteiger partial charge < -0.3 is 14.4 Å². The van der Waals surface area contributed by atoms with Gasteiger partial charge in [0, 0.05) is 29.8 Å². The maximum atomic E-state index is 13.1. The van der Waals surface area contributed by atoms with Crippen LogP contribution in [0.3, 0.4) is 0 Å². The summed E-state index contributed by atoms with van der Waals surface area (Å²) in [4.78, 5) is 28.1. The minimum atomic E-state index is -0.693. The molecule has 0 atom stereocenters. The number of benzene rings is 3. The van der Waals surface area contributed by atoms with Crippen LogP contribution in [-0.2, 0) is 15.9 Å². The molecule has 5 heteroatoms. The standard InChI is InChI=1S/C32H33NO4/c1-31(2)27(36-29(34)25-16-10-6-11-17-25)22-33(21-20-24-14-8-5-9-15-24)23-28(32(31,3)4)37-30(35)26-18-12-7-13-19-26/h5-19,22-23H,20-21H2,1-4H3. The molecule has 190 valence electrons. The average molecular weight is 496 g/mol. The Balaban J connectivity index is 1.69. The Hall–Kier alpha value is -4.12. The molecule has 3 aromatic carbocycles. The van der Waals surface area contributed by atoms with E-state index in [4.69, 9.17) is 9.47 Å². The highest BCUT2D eigenvalue weighted by Gasteiger charge is 2.48.